The van der Waals surface area contributed by atoms with Crippen molar-refractivity contribution in [1.82, 2.24) is 29.1 Å². The first-order chi connectivity index (χ1) is 24.0. The lowest BCUT2D eigenvalue weighted by molar-refractivity contribution is 0.275. The van der Waals surface area contributed by atoms with Crippen LogP contribution in [0.25, 0.3) is 21.5 Å². The van der Waals surface area contributed by atoms with E-state index in [0.29, 0.717) is 46.3 Å². The Kier molecular flexibility index (Phi) is 9.47. The van der Waals surface area contributed by atoms with Crippen LogP contribution >= 0.6 is 11.3 Å². The molecule has 16 heteroatoms. The van der Waals surface area contributed by atoms with Gasteiger partial charge in [0.15, 0.2) is 0 Å². The van der Waals surface area contributed by atoms with E-state index in [-0.39, 0.29) is 34.5 Å². The molecule has 0 atom stereocenters. The number of fused-ring (bicyclic) bond motifs is 1. The fourth-order valence-electron chi connectivity index (χ4n) is 6.70. The summed E-state index contributed by atoms with van der Waals surface area (Å²) in [5.41, 5.74) is 2.31. The fraction of sp³-hybridized carbons (Fsp3) is 0.353. The molecule has 50 heavy (non-hydrogen) atoms. The summed E-state index contributed by atoms with van der Waals surface area (Å²) in [5, 5.41) is 8.81. The Labute approximate surface area is 295 Å². The number of nitrogens with zero attached hydrogens (tertiary/aromatic N) is 6. The second-order valence-electron chi connectivity index (χ2n) is 12.7. The summed E-state index contributed by atoms with van der Waals surface area (Å²) in [6.07, 6.45) is 8.69. The van der Waals surface area contributed by atoms with Crippen molar-refractivity contribution in [3.63, 3.8) is 0 Å². The summed E-state index contributed by atoms with van der Waals surface area (Å²) in [5.74, 6) is 0.313. The van der Waals surface area contributed by atoms with Crippen molar-refractivity contribution >= 4 is 59.6 Å². The summed E-state index contributed by atoms with van der Waals surface area (Å²) in [6.45, 7) is 2.56. The zero-order valence-corrected chi connectivity index (χ0v) is 30.1. The topological polar surface area (TPSA) is 159 Å². The third kappa shape index (κ3) is 6.90. The Morgan fingerprint density at radius 3 is 2.32 bits per heavy atom. The molecule has 0 saturated carbocycles. The monoisotopic (exact) mass is 734 g/mol. The number of aromatic nitrogens is 4. The molecule has 0 aliphatic carbocycles. The minimum Gasteiger partial charge on any atom is -0.372 e. The number of anilines is 3. The van der Waals surface area contributed by atoms with Crippen molar-refractivity contribution in [2.24, 2.45) is 0 Å². The summed E-state index contributed by atoms with van der Waals surface area (Å²) >= 11 is 1.17. The number of rotatable bonds is 9. The number of hydrogen-bond donors (Lipinski definition) is 2. The van der Waals surface area contributed by atoms with Crippen molar-refractivity contribution in [2.75, 3.05) is 49.7 Å². The van der Waals surface area contributed by atoms with Gasteiger partial charge >= 0.3 is 0 Å². The van der Waals surface area contributed by atoms with Crippen molar-refractivity contribution in [3.8, 4) is 10.4 Å². The summed E-state index contributed by atoms with van der Waals surface area (Å²) in [7, 11) is -5.08. The van der Waals surface area contributed by atoms with Gasteiger partial charge in [-0.1, -0.05) is 0 Å². The van der Waals surface area contributed by atoms with Crippen LogP contribution in [0.2, 0.25) is 0 Å². The van der Waals surface area contributed by atoms with Gasteiger partial charge in [-0.3, -0.25) is 14.3 Å². The molecule has 2 fully saturated rings. The predicted octanol–water partition coefficient (Wildman–Crippen LogP) is 4.28. The lowest BCUT2D eigenvalue weighted by Crippen LogP contribution is -2.41. The van der Waals surface area contributed by atoms with Crippen molar-refractivity contribution in [3.05, 3.63) is 82.9 Å². The number of thiophene rings is 1. The number of sulfonamides is 1. The molecule has 0 unspecified atom stereocenters. The molecule has 0 spiro atoms. The lowest BCUT2D eigenvalue weighted by atomic mass is 10.0. The molecule has 13 nitrogen and oxygen atoms in total. The number of pyridine rings is 2. The first-order valence-corrected chi connectivity index (χ1v) is 20.6. The molecular weight excluding hydrogens is 697 g/mol. The highest BCUT2D eigenvalue weighted by Gasteiger charge is 2.29. The zero-order chi connectivity index (χ0) is 35.0. The van der Waals surface area contributed by atoms with Crippen LogP contribution in [0.1, 0.15) is 31.7 Å². The van der Waals surface area contributed by atoms with E-state index in [1.165, 1.54) is 57.9 Å². The second-order valence-corrected chi connectivity index (χ2v) is 17.5. The van der Waals surface area contributed by atoms with Crippen LogP contribution in [0, 0.1) is 0 Å². The maximum atomic E-state index is 14.4. The molecule has 0 bridgehead atoms. The van der Waals surface area contributed by atoms with Gasteiger partial charge in [-0.2, -0.15) is 4.98 Å². The average molecular weight is 735 g/mol. The second kappa shape index (κ2) is 13.8. The van der Waals surface area contributed by atoms with Crippen LogP contribution in [-0.2, 0) is 19.9 Å². The Hall–Kier alpha value is -4.22. The molecular formula is C34H38N8O5S3. The van der Waals surface area contributed by atoms with E-state index in [2.05, 4.69) is 44.7 Å². The van der Waals surface area contributed by atoms with E-state index in [4.69, 9.17) is 4.98 Å². The number of benzene rings is 1. The van der Waals surface area contributed by atoms with Gasteiger partial charge < -0.3 is 15.5 Å². The van der Waals surface area contributed by atoms with Gasteiger partial charge in [-0.15, -0.1) is 11.3 Å². The largest absolute Gasteiger partial charge is 0.372 e. The smallest absolute Gasteiger partial charge is 0.261 e. The molecule has 1 aromatic carbocycles. The molecule has 2 N–H and O–H groups in total. The Morgan fingerprint density at radius 2 is 1.64 bits per heavy atom. The molecule has 6 heterocycles. The number of nitrogens with one attached hydrogen (secondary N) is 2. The highest BCUT2D eigenvalue weighted by atomic mass is 32.2. The van der Waals surface area contributed by atoms with Crippen molar-refractivity contribution < 1.29 is 16.8 Å². The molecule has 2 aliphatic heterocycles. The van der Waals surface area contributed by atoms with Crippen LogP contribution in [0.15, 0.2) is 87.1 Å². The van der Waals surface area contributed by atoms with E-state index >= 15 is 0 Å². The van der Waals surface area contributed by atoms with Gasteiger partial charge in [0, 0.05) is 77.8 Å². The molecule has 2 saturated heterocycles. The van der Waals surface area contributed by atoms with Gasteiger partial charge in [0.25, 0.3) is 5.56 Å². The van der Waals surface area contributed by atoms with Crippen LogP contribution in [-0.4, -0.2) is 86.2 Å². The highest BCUT2D eigenvalue weighted by Crippen LogP contribution is 2.34. The summed E-state index contributed by atoms with van der Waals surface area (Å²) < 4.78 is 54.2. The molecule has 4 aromatic heterocycles. The van der Waals surface area contributed by atoms with Gasteiger partial charge in [-0.05, 0) is 87.3 Å². The van der Waals surface area contributed by atoms with Crippen molar-refractivity contribution in [1.29, 1.82) is 0 Å². The van der Waals surface area contributed by atoms with E-state index in [0.717, 1.165) is 37.3 Å². The minimum absolute atomic E-state index is 0.0833. The predicted molar refractivity (Wildman–Crippen MR) is 196 cm³/mol. The van der Waals surface area contributed by atoms with E-state index in [1.807, 2.05) is 12.1 Å². The maximum absolute atomic E-state index is 14.4. The Bertz CT molecular complexity index is 2280. The number of sulfone groups is 1. The van der Waals surface area contributed by atoms with E-state index < -0.39 is 19.9 Å². The molecule has 0 radical (unpaired) electrons. The van der Waals surface area contributed by atoms with Gasteiger partial charge in [-0.25, -0.2) is 26.1 Å². The Morgan fingerprint density at radius 1 is 0.940 bits per heavy atom. The van der Waals surface area contributed by atoms with E-state index in [1.54, 1.807) is 16.8 Å². The first-order valence-electron chi connectivity index (χ1n) is 16.4. The third-order valence-corrected chi connectivity index (χ3v) is 13.7. The van der Waals surface area contributed by atoms with Crippen LogP contribution in [0.4, 0.5) is 17.3 Å². The quantitative estimate of drug-likeness (QED) is 0.223. The van der Waals surface area contributed by atoms with Crippen LogP contribution < -0.4 is 21.1 Å². The maximum Gasteiger partial charge on any atom is 0.261 e. The third-order valence-electron chi connectivity index (χ3n) is 9.53. The molecule has 7 rings (SSSR count). The fourth-order valence-corrected chi connectivity index (χ4v) is 10.1. The molecule has 0 amide bonds. The van der Waals surface area contributed by atoms with E-state index in [9.17, 15) is 21.6 Å². The lowest BCUT2D eigenvalue weighted by Gasteiger charge is -2.33. The van der Waals surface area contributed by atoms with Crippen molar-refractivity contribution in [2.45, 2.75) is 47.6 Å². The Balaban J connectivity index is 1.23. The van der Waals surface area contributed by atoms with Crippen LogP contribution in [0.5, 0.6) is 0 Å². The van der Waals surface area contributed by atoms with Gasteiger partial charge in [0.2, 0.25) is 25.8 Å². The molecule has 262 valence electrons. The number of hydrogen-bond acceptors (Lipinski definition) is 12. The van der Waals surface area contributed by atoms with Crippen LogP contribution in [0.3, 0.4) is 0 Å². The molecule has 5 aromatic rings. The molecule has 2 aliphatic rings. The minimum atomic E-state index is -3.82. The van der Waals surface area contributed by atoms with Gasteiger partial charge in [0.1, 0.15) is 5.65 Å². The van der Waals surface area contributed by atoms with Gasteiger partial charge in [0.05, 0.1) is 21.6 Å². The number of piperidine rings is 2. The summed E-state index contributed by atoms with van der Waals surface area (Å²) in [4.78, 5) is 30.7. The highest BCUT2D eigenvalue weighted by molar-refractivity contribution is 7.91. The standard InChI is InChI=1S/C34H38N8O5S3/c1-40(26-7-13-35-14-8-26)25-5-3-24(4-6-25)38-34-37-21-23-19-30(31-20-29(22-48-31)50(46,47)28-9-15-36-16-10-28)33(43)42(32(23)39-34)27-11-17-41(18-12-27)49(2,44)45/h3-6,9-10,15-16,19-22,26-27,35H,7-8,11-14,17-18H2,1-2H3,(H,37,38,39). The SMILES string of the molecule is CN(c1ccc(Nc2ncc3cc(-c4cc(S(=O)(=O)c5ccncc5)cs4)c(=O)n(C4CCN(S(C)(=O)=O)CC4)c3n2)cc1)C1CCNCC1. The first kappa shape index (κ1) is 34.2. The average Bonchev–Trinajstić information content (AvgIpc) is 3.63. The summed E-state index contributed by atoms with van der Waals surface area (Å²) in [6, 6.07) is 14.3. The normalized spacial score (nSPS) is 16.8. The zero-order valence-electron chi connectivity index (χ0n) is 27.7.